The minimum Gasteiger partial charge on any atom is -0.492 e. The topological polar surface area (TPSA) is 62.6 Å². The third-order valence-corrected chi connectivity index (χ3v) is 5.01. The molecule has 7 heteroatoms. The van der Waals surface area contributed by atoms with E-state index in [1.54, 1.807) is 10.9 Å². The van der Waals surface area contributed by atoms with E-state index in [-0.39, 0.29) is 6.03 Å². The van der Waals surface area contributed by atoms with E-state index in [1.165, 1.54) is 0 Å². The molecule has 7 nitrogen and oxygen atoms in total. The van der Waals surface area contributed by atoms with Crippen molar-refractivity contribution in [1.29, 1.82) is 0 Å². The first-order valence-electron chi connectivity index (χ1n) is 9.58. The Hall–Kier alpha value is -3.06. The van der Waals surface area contributed by atoms with Gasteiger partial charge in [0.25, 0.3) is 0 Å². The predicted molar refractivity (Wildman–Crippen MR) is 110 cm³/mol. The lowest BCUT2D eigenvalue weighted by Gasteiger charge is -2.34. The molecule has 28 heavy (non-hydrogen) atoms. The molecule has 1 amide bonds. The van der Waals surface area contributed by atoms with E-state index < -0.39 is 0 Å². The number of aromatic nitrogens is 2. The number of imidazole rings is 1. The van der Waals surface area contributed by atoms with Crippen LogP contribution in [-0.4, -0.2) is 66.9 Å². The van der Waals surface area contributed by atoms with Crippen LogP contribution in [0.3, 0.4) is 0 Å². The summed E-state index contributed by atoms with van der Waals surface area (Å²) in [6, 6.07) is 15.4. The number of rotatable bonds is 5. The molecule has 1 N–H and O–H groups in total. The molecule has 1 saturated heterocycles. The van der Waals surface area contributed by atoms with Gasteiger partial charge < -0.3 is 19.9 Å². The highest BCUT2D eigenvalue weighted by molar-refractivity contribution is 5.95. The number of nitrogens with one attached hydrogen (secondary N) is 1. The van der Waals surface area contributed by atoms with Crippen LogP contribution in [0.25, 0.3) is 11.0 Å². The minimum absolute atomic E-state index is 0.199. The molecular formula is C21H25N5O2. The highest BCUT2D eigenvalue weighted by Crippen LogP contribution is 2.26. The number of amides is 1. The molecule has 146 valence electrons. The number of piperazine rings is 1. The maximum atomic E-state index is 12.6. The van der Waals surface area contributed by atoms with Crippen molar-refractivity contribution >= 4 is 22.8 Å². The Kier molecular flexibility index (Phi) is 5.43. The first kappa shape index (κ1) is 18.3. The number of likely N-dealkylation sites (N-methyl/N-ethyl adjacent to an activating group) is 1. The second kappa shape index (κ2) is 8.31. The predicted octanol–water partition coefficient (Wildman–Crippen LogP) is 2.42. The van der Waals surface area contributed by atoms with Gasteiger partial charge in [0.1, 0.15) is 24.2 Å². The normalized spacial score (nSPS) is 15.0. The molecule has 2 aromatic carbocycles. The van der Waals surface area contributed by atoms with Gasteiger partial charge in [-0.3, -0.25) is 4.57 Å². The van der Waals surface area contributed by atoms with Crippen LogP contribution in [0.4, 0.5) is 10.5 Å². The SMILES string of the molecule is CN1CCN(c2cccc3c2ncn3C(=O)NCCOc2ccccc2)CC1. The smallest absolute Gasteiger partial charge is 0.327 e. The fourth-order valence-electron chi connectivity index (χ4n) is 3.42. The lowest BCUT2D eigenvalue weighted by atomic mass is 10.2. The Morgan fingerprint density at radius 1 is 1.07 bits per heavy atom. The fraction of sp³-hybridized carbons (Fsp3) is 0.333. The summed E-state index contributed by atoms with van der Waals surface area (Å²) in [5.41, 5.74) is 2.77. The van der Waals surface area contributed by atoms with Gasteiger partial charge >= 0.3 is 6.03 Å². The van der Waals surface area contributed by atoms with E-state index in [4.69, 9.17) is 4.74 Å². The average Bonchev–Trinajstić information content (AvgIpc) is 3.17. The standard InChI is InChI=1S/C21H25N5O2/c1-24-11-13-25(14-12-24)18-8-5-9-19-20(18)23-16-26(19)21(27)22-10-15-28-17-6-3-2-4-7-17/h2-9,16H,10-15H2,1H3,(H,22,27). The molecule has 0 unspecified atom stereocenters. The number of ether oxygens (including phenoxy) is 1. The summed E-state index contributed by atoms with van der Waals surface area (Å²) in [7, 11) is 2.14. The zero-order valence-electron chi connectivity index (χ0n) is 16.0. The Morgan fingerprint density at radius 3 is 2.64 bits per heavy atom. The molecule has 1 fully saturated rings. The van der Waals surface area contributed by atoms with E-state index in [0.29, 0.717) is 13.2 Å². The van der Waals surface area contributed by atoms with Gasteiger partial charge in [-0.2, -0.15) is 0 Å². The first-order chi connectivity index (χ1) is 13.7. The number of para-hydroxylation sites is 2. The van der Waals surface area contributed by atoms with Crippen molar-refractivity contribution in [3.63, 3.8) is 0 Å². The number of benzene rings is 2. The van der Waals surface area contributed by atoms with Crippen LogP contribution < -0.4 is 15.0 Å². The van der Waals surface area contributed by atoms with Crippen molar-refractivity contribution in [2.24, 2.45) is 0 Å². The van der Waals surface area contributed by atoms with Crippen LogP contribution in [0.15, 0.2) is 54.9 Å². The monoisotopic (exact) mass is 379 g/mol. The quantitative estimate of drug-likeness (QED) is 0.690. The van der Waals surface area contributed by atoms with E-state index >= 15 is 0 Å². The number of hydrogen-bond donors (Lipinski definition) is 1. The fourth-order valence-corrected chi connectivity index (χ4v) is 3.42. The van der Waals surface area contributed by atoms with Crippen LogP contribution in [0.1, 0.15) is 0 Å². The molecule has 1 aromatic heterocycles. The number of hydrogen-bond acceptors (Lipinski definition) is 5. The number of anilines is 1. The molecule has 0 bridgehead atoms. The second-order valence-corrected chi connectivity index (χ2v) is 6.94. The van der Waals surface area contributed by atoms with Crippen molar-refractivity contribution in [3.05, 3.63) is 54.9 Å². The summed E-state index contributed by atoms with van der Waals surface area (Å²) in [6.45, 7) is 4.81. The summed E-state index contributed by atoms with van der Waals surface area (Å²) in [4.78, 5) is 21.8. The van der Waals surface area contributed by atoms with Gasteiger partial charge in [-0.15, -0.1) is 0 Å². The van der Waals surface area contributed by atoms with Gasteiger partial charge in [-0.05, 0) is 31.3 Å². The number of carbonyl (C=O) groups excluding carboxylic acids is 1. The average molecular weight is 379 g/mol. The molecule has 2 heterocycles. The van der Waals surface area contributed by atoms with Crippen molar-refractivity contribution in [3.8, 4) is 5.75 Å². The Balaban J connectivity index is 1.41. The summed E-state index contributed by atoms with van der Waals surface area (Å²) < 4.78 is 7.18. The van der Waals surface area contributed by atoms with Crippen LogP contribution in [-0.2, 0) is 0 Å². The van der Waals surface area contributed by atoms with E-state index in [0.717, 1.165) is 48.6 Å². The molecule has 1 aliphatic heterocycles. The molecule has 4 rings (SSSR count). The second-order valence-electron chi connectivity index (χ2n) is 6.94. The molecule has 1 aliphatic rings. The van der Waals surface area contributed by atoms with Gasteiger partial charge in [0.15, 0.2) is 0 Å². The van der Waals surface area contributed by atoms with Gasteiger partial charge in [0, 0.05) is 26.2 Å². The van der Waals surface area contributed by atoms with Crippen molar-refractivity contribution in [1.82, 2.24) is 19.8 Å². The third-order valence-electron chi connectivity index (χ3n) is 5.01. The lowest BCUT2D eigenvalue weighted by Crippen LogP contribution is -2.44. The van der Waals surface area contributed by atoms with Gasteiger partial charge in [-0.25, -0.2) is 9.78 Å². The van der Waals surface area contributed by atoms with Crippen molar-refractivity contribution in [2.75, 3.05) is 51.3 Å². The van der Waals surface area contributed by atoms with Crippen molar-refractivity contribution < 1.29 is 9.53 Å². The molecule has 0 saturated carbocycles. The van der Waals surface area contributed by atoms with Crippen LogP contribution in [0.2, 0.25) is 0 Å². The summed E-state index contributed by atoms with van der Waals surface area (Å²) in [5.74, 6) is 0.793. The van der Waals surface area contributed by atoms with E-state index in [9.17, 15) is 4.79 Å². The molecule has 0 spiro atoms. The number of carbonyl (C=O) groups is 1. The largest absolute Gasteiger partial charge is 0.492 e. The minimum atomic E-state index is -0.199. The van der Waals surface area contributed by atoms with Gasteiger partial charge in [0.2, 0.25) is 0 Å². The number of nitrogens with zero attached hydrogens (tertiary/aromatic N) is 4. The van der Waals surface area contributed by atoms with E-state index in [2.05, 4.69) is 33.2 Å². The highest BCUT2D eigenvalue weighted by atomic mass is 16.5. The van der Waals surface area contributed by atoms with Gasteiger partial charge in [-0.1, -0.05) is 24.3 Å². The van der Waals surface area contributed by atoms with Gasteiger partial charge in [0.05, 0.1) is 17.7 Å². The summed E-state index contributed by atoms with van der Waals surface area (Å²) in [6.07, 6.45) is 1.59. The number of fused-ring (bicyclic) bond motifs is 1. The molecular weight excluding hydrogens is 354 g/mol. The molecule has 0 atom stereocenters. The van der Waals surface area contributed by atoms with E-state index in [1.807, 2.05) is 42.5 Å². The van der Waals surface area contributed by atoms with Crippen molar-refractivity contribution in [2.45, 2.75) is 0 Å². The molecule has 0 aliphatic carbocycles. The zero-order chi connectivity index (χ0) is 19.3. The maximum absolute atomic E-state index is 12.6. The third kappa shape index (κ3) is 3.94. The summed E-state index contributed by atoms with van der Waals surface area (Å²) >= 11 is 0. The Bertz CT molecular complexity index is 932. The Morgan fingerprint density at radius 2 is 1.86 bits per heavy atom. The van der Waals surface area contributed by atoms with Crippen LogP contribution >= 0.6 is 0 Å². The molecule has 0 radical (unpaired) electrons. The lowest BCUT2D eigenvalue weighted by molar-refractivity contribution is 0.238. The zero-order valence-corrected chi connectivity index (χ0v) is 16.0. The highest BCUT2D eigenvalue weighted by Gasteiger charge is 2.19. The Labute approximate surface area is 164 Å². The van der Waals surface area contributed by atoms with Crippen LogP contribution in [0, 0.1) is 0 Å². The maximum Gasteiger partial charge on any atom is 0.327 e. The van der Waals surface area contributed by atoms with Crippen LogP contribution in [0.5, 0.6) is 5.75 Å². The summed E-state index contributed by atoms with van der Waals surface area (Å²) in [5, 5.41) is 2.89. The molecule has 3 aromatic rings. The first-order valence-corrected chi connectivity index (χ1v) is 9.58.